The molecule has 0 aromatic heterocycles. The van der Waals surface area contributed by atoms with Crippen LogP contribution in [0.2, 0.25) is 0 Å². The first-order valence-electron chi connectivity index (χ1n) is 10.2. The molecule has 2 rings (SSSR count). The number of carbonyl (C=O) groups is 1. The minimum absolute atomic E-state index is 0.186. The summed E-state index contributed by atoms with van der Waals surface area (Å²) < 4.78 is 16.7. The van der Waals surface area contributed by atoms with Gasteiger partial charge in [0.05, 0.1) is 13.2 Å². The van der Waals surface area contributed by atoms with Gasteiger partial charge in [0, 0.05) is 25.4 Å². The third kappa shape index (κ3) is 8.13. The highest BCUT2D eigenvalue weighted by atomic mass is 16.7. The second-order valence-electron chi connectivity index (χ2n) is 6.41. The number of carbonyl (C=O) groups excluding carboxylic acids is 1. The number of rotatable bonds is 12. The van der Waals surface area contributed by atoms with Gasteiger partial charge in [-0.1, -0.05) is 30.3 Å². The topological polar surface area (TPSA) is 60.0 Å². The maximum absolute atomic E-state index is 13.0. The molecule has 2 aromatic carbocycles. The number of urea groups is 1. The fourth-order valence-electron chi connectivity index (χ4n) is 2.89. The van der Waals surface area contributed by atoms with Crippen LogP contribution >= 0.6 is 0 Å². The minimum Gasteiger partial charge on any atom is -0.494 e. The van der Waals surface area contributed by atoms with Crippen LogP contribution in [0.15, 0.2) is 54.6 Å². The lowest BCUT2D eigenvalue weighted by atomic mass is 10.1. The van der Waals surface area contributed by atoms with E-state index in [1.165, 1.54) is 5.56 Å². The molecule has 0 atom stereocenters. The molecule has 6 nitrogen and oxygen atoms in total. The Morgan fingerprint density at radius 2 is 1.59 bits per heavy atom. The molecule has 2 aromatic rings. The molecular weight excluding hydrogens is 368 g/mol. The molecule has 0 aliphatic rings. The summed E-state index contributed by atoms with van der Waals surface area (Å²) in [4.78, 5) is 14.7. The summed E-state index contributed by atoms with van der Waals surface area (Å²) in [6.45, 7) is 8.35. The molecule has 2 amide bonds. The monoisotopic (exact) mass is 400 g/mol. The molecule has 0 saturated carbocycles. The normalized spacial score (nSPS) is 10.8. The van der Waals surface area contributed by atoms with E-state index in [4.69, 9.17) is 14.2 Å². The number of anilines is 1. The zero-order chi connectivity index (χ0) is 20.9. The van der Waals surface area contributed by atoms with E-state index in [1.54, 1.807) is 4.90 Å². The Labute approximate surface area is 173 Å². The number of hydrogen-bond donors (Lipinski definition) is 1. The summed E-state index contributed by atoms with van der Waals surface area (Å²) in [6.07, 6.45) is 0.301. The number of nitrogens with zero attached hydrogens (tertiary/aromatic N) is 1. The first-order valence-corrected chi connectivity index (χ1v) is 10.2. The molecule has 0 fully saturated rings. The van der Waals surface area contributed by atoms with E-state index in [1.807, 2.05) is 63.2 Å². The lowest BCUT2D eigenvalue weighted by Crippen LogP contribution is -2.43. The van der Waals surface area contributed by atoms with Crippen molar-refractivity contribution in [2.45, 2.75) is 33.5 Å². The van der Waals surface area contributed by atoms with Gasteiger partial charge in [-0.3, -0.25) is 0 Å². The summed E-state index contributed by atoms with van der Waals surface area (Å²) in [7, 11) is 0. The Morgan fingerprint density at radius 3 is 2.17 bits per heavy atom. The van der Waals surface area contributed by atoms with E-state index in [2.05, 4.69) is 17.4 Å². The van der Waals surface area contributed by atoms with E-state index < -0.39 is 6.29 Å². The summed E-state index contributed by atoms with van der Waals surface area (Å²) >= 11 is 0. The van der Waals surface area contributed by atoms with Gasteiger partial charge in [0.1, 0.15) is 5.75 Å². The number of hydrogen-bond acceptors (Lipinski definition) is 4. The smallest absolute Gasteiger partial charge is 0.322 e. The highest BCUT2D eigenvalue weighted by Crippen LogP contribution is 2.16. The second-order valence-corrected chi connectivity index (χ2v) is 6.41. The standard InChI is InChI=1S/C23H32N2O4/c1-4-27-21-14-12-20(13-15-21)24-23(26)25(18-22(28-5-2)29-6-3)17-16-19-10-8-7-9-11-19/h7-15,22H,4-6,16-18H2,1-3H3,(H,24,26). The van der Waals surface area contributed by atoms with Gasteiger partial charge >= 0.3 is 6.03 Å². The highest BCUT2D eigenvalue weighted by molar-refractivity contribution is 5.89. The number of nitrogens with one attached hydrogen (secondary N) is 1. The van der Waals surface area contributed by atoms with Crippen molar-refractivity contribution >= 4 is 11.7 Å². The van der Waals surface area contributed by atoms with Gasteiger partial charge in [-0.05, 0) is 57.0 Å². The summed E-state index contributed by atoms with van der Waals surface area (Å²) in [5.74, 6) is 0.777. The molecule has 158 valence electrons. The minimum atomic E-state index is -0.452. The van der Waals surface area contributed by atoms with Gasteiger partial charge in [0.15, 0.2) is 6.29 Å². The van der Waals surface area contributed by atoms with E-state index in [9.17, 15) is 4.79 Å². The first-order chi connectivity index (χ1) is 14.2. The van der Waals surface area contributed by atoms with Crippen LogP contribution in [0.5, 0.6) is 5.75 Å². The van der Waals surface area contributed by atoms with Crippen LogP contribution in [0.3, 0.4) is 0 Å². The van der Waals surface area contributed by atoms with E-state index in [-0.39, 0.29) is 6.03 Å². The van der Waals surface area contributed by atoms with Gasteiger partial charge in [-0.25, -0.2) is 4.79 Å². The zero-order valence-corrected chi connectivity index (χ0v) is 17.6. The molecular formula is C23H32N2O4. The summed E-state index contributed by atoms with van der Waals surface area (Å²) in [5.41, 5.74) is 1.89. The van der Waals surface area contributed by atoms with Gasteiger partial charge in [0.2, 0.25) is 0 Å². The molecule has 0 unspecified atom stereocenters. The lowest BCUT2D eigenvalue weighted by molar-refractivity contribution is -0.142. The zero-order valence-electron chi connectivity index (χ0n) is 17.6. The molecule has 1 N–H and O–H groups in total. The van der Waals surface area contributed by atoms with Gasteiger partial charge in [-0.15, -0.1) is 0 Å². The van der Waals surface area contributed by atoms with Crippen LogP contribution in [-0.2, 0) is 15.9 Å². The third-order valence-electron chi connectivity index (χ3n) is 4.29. The SMILES string of the molecule is CCOc1ccc(NC(=O)N(CCc2ccccc2)CC(OCC)OCC)cc1. The Hall–Kier alpha value is -2.57. The molecule has 0 bridgehead atoms. The van der Waals surface area contributed by atoms with Crippen molar-refractivity contribution in [3.63, 3.8) is 0 Å². The van der Waals surface area contributed by atoms with Gasteiger partial charge in [0.25, 0.3) is 0 Å². The van der Waals surface area contributed by atoms with Crippen molar-refractivity contribution in [2.24, 2.45) is 0 Å². The molecule has 0 heterocycles. The van der Waals surface area contributed by atoms with Crippen LogP contribution in [-0.4, -0.2) is 50.1 Å². The van der Waals surface area contributed by atoms with Crippen molar-refractivity contribution in [3.05, 3.63) is 60.2 Å². The Kier molecular flexibility index (Phi) is 10.0. The molecule has 0 radical (unpaired) electrons. The van der Waals surface area contributed by atoms with Gasteiger partial charge in [-0.2, -0.15) is 0 Å². The lowest BCUT2D eigenvalue weighted by Gasteiger charge is -2.27. The molecule has 6 heteroatoms. The second kappa shape index (κ2) is 12.8. The fraction of sp³-hybridized carbons (Fsp3) is 0.435. The van der Waals surface area contributed by atoms with E-state index in [0.29, 0.717) is 38.6 Å². The molecule has 0 aliphatic heterocycles. The molecule has 0 saturated heterocycles. The average Bonchev–Trinajstić information content (AvgIpc) is 2.73. The van der Waals surface area contributed by atoms with E-state index >= 15 is 0 Å². The van der Waals surface area contributed by atoms with Crippen molar-refractivity contribution in [2.75, 3.05) is 38.2 Å². The van der Waals surface area contributed by atoms with Crippen LogP contribution in [0, 0.1) is 0 Å². The van der Waals surface area contributed by atoms with Crippen LogP contribution in [0.1, 0.15) is 26.3 Å². The quantitative estimate of drug-likeness (QED) is 0.531. The first kappa shape index (κ1) is 22.7. The van der Waals surface area contributed by atoms with Crippen LogP contribution < -0.4 is 10.1 Å². The maximum atomic E-state index is 13.0. The molecule has 29 heavy (non-hydrogen) atoms. The average molecular weight is 401 g/mol. The number of amides is 2. The van der Waals surface area contributed by atoms with E-state index in [0.717, 1.165) is 12.2 Å². The Balaban J connectivity index is 2.05. The van der Waals surface area contributed by atoms with Crippen LogP contribution in [0.25, 0.3) is 0 Å². The predicted molar refractivity (Wildman–Crippen MR) is 115 cm³/mol. The summed E-state index contributed by atoms with van der Waals surface area (Å²) in [5, 5.41) is 2.96. The van der Waals surface area contributed by atoms with Crippen molar-refractivity contribution in [1.29, 1.82) is 0 Å². The molecule has 0 spiro atoms. The summed E-state index contributed by atoms with van der Waals surface area (Å²) in [6, 6.07) is 17.3. The van der Waals surface area contributed by atoms with Crippen molar-refractivity contribution in [1.82, 2.24) is 4.90 Å². The van der Waals surface area contributed by atoms with Crippen molar-refractivity contribution < 1.29 is 19.0 Å². The highest BCUT2D eigenvalue weighted by Gasteiger charge is 2.20. The maximum Gasteiger partial charge on any atom is 0.322 e. The number of benzene rings is 2. The van der Waals surface area contributed by atoms with Gasteiger partial charge < -0.3 is 24.4 Å². The molecule has 0 aliphatic carbocycles. The van der Waals surface area contributed by atoms with Crippen LogP contribution in [0.4, 0.5) is 10.5 Å². The number of ether oxygens (including phenoxy) is 3. The largest absolute Gasteiger partial charge is 0.494 e. The fourth-order valence-corrected chi connectivity index (χ4v) is 2.89. The predicted octanol–water partition coefficient (Wildman–Crippen LogP) is 4.56. The Morgan fingerprint density at radius 1 is 0.931 bits per heavy atom. The van der Waals surface area contributed by atoms with Crippen molar-refractivity contribution in [3.8, 4) is 5.75 Å². The Bertz CT molecular complexity index is 701. The third-order valence-corrected chi connectivity index (χ3v) is 4.29.